The molecule has 160 valence electrons. The number of hydrogen-bond donors (Lipinski definition) is 3. The van der Waals surface area contributed by atoms with Crippen LogP contribution in [0.15, 0.2) is 48.5 Å². The van der Waals surface area contributed by atoms with Gasteiger partial charge in [0.15, 0.2) is 0 Å². The number of carbonyl (C=O) groups is 2. The molecule has 3 N–H and O–H groups in total. The number of nitrogens with one attached hydrogen (secondary N) is 2. The van der Waals surface area contributed by atoms with Crippen LogP contribution in [0.25, 0.3) is 0 Å². The van der Waals surface area contributed by atoms with Gasteiger partial charge in [-0.25, -0.2) is 18.0 Å². The van der Waals surface area contributed by atoms with E-state index < -0.39 is 16.0 Å². The van der Waals surface area contributed by atoms with E-state index in [4.69, 9.17) is 0 Å². The molecule has 0 saturated carbocycles. The van der Waals surface area contributed by atoms with Gasteiger partial charge in [0.2, 0.25) is 10.0 Å². The summed E-state index contributed by atoms with van der Waals surface area (Å²) >= 11 is 0. The number of hydrogen-bond acceptors (Lipinski definition) is 5. The predicted molar refractivity (Wildman–Crippen MR) is 114 cm³/mol. The number of carboxylic acids is 1. The summed E-state index contributed by atoms with van der Waals surface area (Å²) < 4.78 is 25.7. The highest BCUT2D eigenvalue weighted by molar-refractivity contribution is 7.92. The fraction of sp³-hybridized carbons (Fsp3) is 0.300. The molecule has 1 saturated heterocycles. The smallest absolute Gasteiger partial charge is 0.337 e. The monoisotopic (exact) mass is 432 g/mol. The molecule has 0 aromatic heterocycles. The van der Waals surface area contributed by atoms with E-state index in [1.807, 2.05) is 12.1 Å². The van der Waals surface area contributed by atoms with Crippen molar-refractivity contribution in [2.75, 3.05) is 42.5 Å². The first-order valence-electron chi connectivity index (χ1n) is 9.39. The number of piperazine rings is 1. The molecule has 1 aliphatic heterocycles. The molecule has 9 nitrogen and oxygen atoms in total. The van der Waals surface area contributed by atoms with E-state index in [1.54, 1.807) is 35.2 Å². The van der Waals surface area contributed by atoms with Gasteiger partial charge in [-0.1, -0.05) is 30.3 Å². The lowest BCUT2D eigenvalue weighted by atomic mass is 10.1. The minimum atomic E-state index is -3.37. The molecule has 2 aromatic carbocycles. The van der Waals surface area contributed by atoms with Crippen molar-refractivity contribution in [1.29, 1.82) is 0 Å². The van der Waals surface area contributed by atoms with Crippen molar-refractivity contribution in [2.24, 2.45) is 0 Å². The first kappa shape index (κ1) is 21.6. The van der Waals surface area contributed by atoms with E-state index in [1.165, 1.54) is 6.07 Å². The maximum atomic E-state index is 12.5. The van der Waals surface area contributed by atoms with Crippen molar-refractivity contribution < 1.29 is 23.1 Å². The Kier molecular flexibility index (Phi) is 6.58. The van der Waals surface area contributed by atoms with Crippen molar-refractivity contribution in [3.63, 3.8) is 0 Å². The lowest BCUT2D eigenvalue weighted by Crippen LogP contribution is -2.49. The highest BCUT2D eigenvalue weighted by atomic mass is 32.2. The number of rotatable bonds is 6. The maximum Gasteiger partial charge on any atom is 0.337 e. The van der Waals surface area contributed by atoms with Crippen LogP contribution in [0.5, 0.6) is 0 Å². The summed E-state index contributed by atoms with van der Waals surface area (Å²) in [6.07, 6.45) is 1.11. The van der Waals surface area contributed by atoms with Crippen molar-refractivity contribution in [3.8, 4) is 0 Å². The van der Waals surface area contributed by atoms with Gasteiger partial charge in [-0.15, -0.1) is 0 Å². The Bertz CT molecular complexity index is 1030. The fourth-order valence-corrected chi connectivity index (χ4v) is 3.88. The summed E-state index contributed by atoms with van der Waals surface area (Å²) in [5.74, 6) is -1.10. The van der Waals surface area contributed by atoms with Gasteiger partial charge in [0, 0.05) is 32.7 Å². The van der Waals surface area contributed by atoms with E-state index in [0.717, 1.165) is 11.8 Å². The van der Waals surface area contributed by atoms with E-state index in [0.29, 0.717) is 38.4 Å². The van der Waals surface area contributed by atoms with Crippen molar-refractivity contribution in [2.45, 2.75) is 6.54 Å². The van der Waals surface area contributed by atoms with Gasteiger partial charge < -0.3 is 15.3 Å². The molecule has 30 heavy (non-hydrogen) atoms. The molecule has 1 fully saturated rings. The molecule has 0 atom stereocenters. The Morgan fingerprint density at radius 1 is 0.967 bits per heavy atom. The number of carboxylic acid groups (broad SMARTS) is 1. The largest absolute Gasteiger partial charge is 0.478 e. The lowest BCUT2D eigenvalue weighted by Gasteiger charge is -2.35. The minimum absolute atomic E-state index is 0.0412. The number of amides is 2. The van der Waals surface area contributed by atoms with Gasteiger partial charge in [0.25, 0.3) is 0 Å². The molecule has 2 amide bonds. The second kappa shape index (κ2) is 9.14. The third-order valence-corrected chi connectivity index (χ3v) is 5.36. The number of anilines is 2. The summed E-state index contributed by atoms with van der Waals surface area (Å²) in [6.45, 7) is 2.73. The first-order chi connectivity index (χ1) is 14.2. The Morgan fingerprint density at radius 2 is 1.57 bits per heavy atom. The van der Waals surface area contributed by atoms with E-state index in [9.17, 15) is 23.1 Å². The van der Waals surface area contributed by atoms with Crippen molar-refractivity contribution in [3.05, 3.63) is 59.7 Å². The lowest BCUT2D eigenvalue weighted by molar-refractivity contribution is 0.0698. The Labute approximate surface area is 175 Å². The molecule has 1 heterocycles. The van der Waals surface area contributed by atoms with Crippen molar-refractivity contribution >= 4 is 33.4 Å². The Morgan fingerprint density at radius 3 is 2.20 bits per heavy atom. The summed E-state index contributed by atoms with van der Waals surface area (Å²) in [6, 6.07) is 13.1. The molecule has 0 radical (unpaired) electrons. The van der Waals surface area contributed by atoms with Gasteiger partial charge in [-0.2, -0.15) is 0 Å². The molecule has 0 spiro atoms. The van der Waals surface area contributed by atoms with Crippen LogP contribution in [0.3, 0.4) is 0 Å². The molecule has 10 heteroatoms. The second-order valence-electron chi connectivity index (χ2n) is 7.08. The minimum Gasteiger partial charge on any atom is -0.478 e. The molecular weight excluding hydrogens is 408 g/mol. The highest BCUT2D eigenvalue weighted by Crippen LogP contribution is 2.20. The van der Waals surface area contributed by atoms with Gasteiger partial charge in [-0.3, -0.25) is 9.62 Å². The Hall–Kier alpha value is -3.11. The van der Waals surface area contributed by atoms with Crippen LogP contribution in [0.2, 0.25) is 0 Å². The van der Waals surface area contributed by atoms with Crippen molar-refractivity contribution in [1.82, 2.24) is 9.80 Å². The van der Waals surface area contributed by atoms with Gasteiger partial charge in [0.1, 0.15) is 0 Å². The van der Waals surface area contributed by atoms with Crippen LogP contribution in [0.4, 0.5) is 16.2 Å². The third-order valence-electron chi connectivity index (χ3n) is 4.77. The maximum absolute atomic E-state index is 12.5. The second-order valence-corrected chi connectivity index (χ2v) is 8.82. The average molecular weight is 433 g/mol. The number of sulfonamides is 1. The van der Waals surface area contributed by atoms with E-state index >= 15 is 0 Å². The van der Waals surface area contributed by atoms with Crippen LogP contribution in [0.1, 0.15) is 15.9 Å². The van der Waals surface area contributed by atoms with E-state index in [2.05, 4.69) is 14.9 Å². The third kappa shape index (κ3) is 5.71. The van der Waals surface area contributed by atoms with Gasteiger partial charge in [0.05, 0.1) is 23.2 Å². The summed E-state index contributed by atoms with van der Waals surface area (Å²) in [7, 11) is -3.37. The van der Waals surface area contributed by atoms with Crippen LogP contribution < -0.4 is 10.0 Å². The molecular formula is C20H24N4O5S. The fourth-order valence-electron chi connectivity index (χ4n) is 3.28. The van der Waals surface area contributed by atoms with Crippen LogP contribution >= 0.6 is 0 Å². The SMILES string of the molecule is CS(=O)(=O)Nc1ccccc1CN1CCN(C(=O)Nc2ccccc2C(=O)O)CC1. The Balaban J connectivity index is 1.58. The van der Waals surface area contributed by atoms with E-state index in [-0.39, 0.29) is 17.3 Å². The number of para-hydroxylation sites is 2. The van der Waals surface area contributed by atoms with Crippen LogP contribution in [0, 0.1) is 0 Å². The number of nitrogens with zero attached hydrogens (tertiary/aromatic N) is 2. The molecule has 0 aliphatic carbocycles. The number of urea groups is 1. The predicted octanol–water partition coefficient (Wildman–Crippen LogP) is 2.11. The average Bonchev–Trinajstić information content (AvgIpc) is 2.69. The summed E-state index contributed by atoms with van der Waals surface area (Å²) in [4.78, 5) is 27.6. The zero-order valence-corrected chi connectivity index (χ0v) is 17.4. The molecule has 0 unspecified atom stereocenters. The summed E-state index contributed by atoms with van der Waals surface area (Å²) in [5, 5.41) is 11.9. The first-order valence-corrected chi connectivity index (χ1v) is 11.3. The number of benzene rings is 2. The number of aromatic carboxylic acids is 1. The van der Waals surface area contributed by atoms with Gasteiger partial charge in [-0.05, 0) is 23.8 Å². The van der Waals surface area contributed by atoms with Crippen LogP contribution in [-0.4, -0.2) is 67.8 Å². The van der Waals surface area contributed by atoms with Gasteiger partial charge >= 0.3 is 12.0 Å². The van der Waals surface area contributed by atoms with Crippen LogP contribution in [-0.2, 0) is 16.6 Å². The topological polar surface area (TPSA) is 119 Å². The molecule has 0 bridgehead atoms. The quantitative estimate of drug-likeness (QED) is 0.643. The zero-order chi connectivity index (χ0) is 21.7. The number of carbonyl (C=O) groups excluding carboxylic acids is 1. The standard InChI is InChI=1S/C20H24N4O5S/c1-30(28,29)22-17-8-4-2-6-15(17)14-23-10-12-24(13-11-23)20(27)21-18-9-5-3-7-16(18)19(25)26/h2-9,22H,10-14H2,1H3,(H,21,27)(H,25,26). The summed E-state index contributed by atoms with van der Waals surface area (Å²) in [5.41, 5.74) is 1.71. The normalized spacial score (nSPS) is 14.9. The zero-order valence-electron chi connectivity index (χ0n) is 16.5. The molecule has 2 aromatic rings. The highest BCUT2D eigenvalue weighted by Gasteiger charge is 2.23. The molecule has 3 rings (SSSR count). The molecule has 1 aliphatic rings.